The van der Waals surface area contributed by atoms with Crippen LogP contribution in [0.1, 0.15) is 32.2 Å². The average molecular weight is 479 g/mol. The van der Waals surface area contributed by atoms with Crippen LogP contribution in [-0.2, 0) is 4.74 Å². The van der Waals surface area contributed by atoms with Crippen molar-refractivity contribution < 1.29 is 9.53 Å². The molecule has 7 nitrogen and oxygen atoms in total. The Morgan fingerprint density at radius 2 is 2.30 bits per heavy atom. The molecular weight excluding hydrogens is 457 g/mol. The first-order valence-electron chi connectivity index (χ1n) is 9.19. The van der Waals surface area contributed by atoms with Crippen LogP contribution in [0.4, 0.5) is 10.6 Å². The number of ether oxygens (including phenoxy) is 1. The summed E-state index contributed by atoms with van der Waals surface area (Å²) in [5.41, 5.74) is 7.90. The number of likely N-dealkylation sites (tertiary alicyclic amines) is 1. The predicted octanol–water partition coefficient (Wildman–Crippen LogP) is 3.87. The summed E-state index contributed by atoms with van der Waals surface area (Å²) in [7, 11) is 0. The number of carbonyl (C=O) groups is 1. The van der Waals surface area contributed by atoms with Crippen molar-refractivity contribution in [2.75, 3.05) is 18.9 Å². The van der Waals surface area contributed by atoms with E-state index in [4.69, 9.17) is 10.5 Å². The number of amides is 1. The molecule has 4 rings (SSSR count). The molecular formula is C19H22IN5O2. The van der Waals surface area contributed by atoms with Crippen molar-refractivity contribution in [3.63, 3.8) is 0 Å². The molecule has 1 amide bonds. The summed E-state index contributed by atoms with van der Waals surface area (Å²) >= 11 is 2.27. The Bertz CT molecular complexity index is 936. The summed E-state index contributed by atoms with van der Waals surface area (Å²) in [6, 6.07) is 0.0836. The maximum Gasteiger partial charge on any atom is 0.414 e. The summed E-state index contributed by atoms with van der Waals surface area (Å²) in [5.74, 6) is 0.688. The van der Waals surface area contributed by atoms with Crippen LogP contribution in [-0.4, -0.2) is 38.7 Å². The van der Waals surface area contributed by atoms with Crippen molar-refractivity contribution in [2.24, 2.45) is 5.92 Å². The van der Waals surface area contributed by atoms with E-state index >= 15 is 0 Å². The van der Waals surface area contributed by atoms with Gasteiger partial charge in [0.2, 0.25) is 0 Å². The molecule has 2 N–H and O–H groups in total. The fraction of sp³-hybridized carbons (Fsp3) is 0.421. The number of nitrogen functional groups attached to an aromatic ring is 1. The van der Waals surface area contributed by atoms with Crippen molar-refractivity contribution in [1.29, 1.82) is 0 Å². The smallest absolute Gasteiger partial charge is 0.414 e. The Hall–Kier alpha value is -2.10. The number of fused-ring (bicyclic) bond motifs is 2. The van der Waals surface area contributed by atoms with E-state index in [1.165, 1.54) is 6.33 Å². The van der Waals surface area contributed by atoms with Gasteiger partial charge < -0.3 is 15.0 Å². The third-order valence-corrected chi connectivity index (χ3v) is 6.03. The van der Waals surface area contributed by atoms with Gasteiger partial charge in [-0.25, -0.2) is 14.8 Å². The van der Waals surface area contributed by atoms with Crippen LogP contribution >= 0.6 is 22.6 Å². The lowest BCUT2D eigenvalue weighted by molar-refractivity contribution is 0.115. The lowest BCUT2D eigenvalue weighted by Gasteiger charge is -2.22. The Morgan fingerprint density at radius 1 is 1.44 bits per heavy atom. The highest BCUT2D eigenvalue weighted by Crippen LogP contribution is 2.43. The fourth-order valence-corrected chi connectivity index (χ4v) is 4.68. The van der Waals surface area contributed by atoms with Gasteiger partial charge in [-0.2, -0.15) is 0 Å². The molecule has 2 unspecified atom stereocenters. The van der Waals surface area contributed by atoms with E-state index in [1.54, 1.807) is 4.90 Å². The summed E-state index contributed by atoms with van der Waals surface area (Å²) in [6.07, 6.45) is 12.2. The van der Waals surface area contributed by atoms with Gasteiger partial charge in [0, 0.05) is 21.4 Å². The molecule has 0 radical (unpaired) electrons. The van der Waals surface area contributed by atoms with Crippen LogP contribution in [0.25, 0.3) is 11.0 Å². The molecule has 142 valence electrons. The minimum absolute atomic E-state index is 0.0836. The van der Waals surface area contributed by atoms with Crippen LogP contribution < -0.4 is 5.73 Å². The summed E-state index contributed by atoms with van der Waals surface area (Å²) in [5, 5.41) is 0.874. The van der Waals surface area contributed by atoms with E-state index in [0.717, 1.165) is 39.6 Å². The van der Waals surface area contributed by atoms with Crippen molar-refractivity contribution >= 4 is 45.5 Å². The highest BCUT2D eigenvalue weighted by Gasteiger charge is 2.42. The second-order valence-electron chi connectivity index (χ2n) is 6.85. The number of anilines is 1. The molecule has 2 aromatic rings. The summed E-state index contributed by atoms with van der Waals surface area (Å²) < 4.78 is 8.64. The molecule has 27 heavy (non-hydrogen) atoms. The van der Waals surface area contributed by atoms with E-state index in [0.29, 0.717) is 19.0 Å². The zero-order chi connectivity index (χ0) is 19.0. The zero-order valence-corrected chi connectivity index (χ0v) is 17.3. The SMILES string of the molecule is CCCCOC(=O)N1CC(n2cc(I)c3c(N)ncnc32)C2CC=CC=C21. The molecule has 0 spiro atoms. The van der Waals surface area contributed by atoms with Crippen molar-refractivity contribution in [1.82, 2.24) is 19.4 Å². The predicted molar refractivity (Wildman–Crippen MR) is 112 cm³/mol. The van der Waals surface area contributed by atoms with Crippen LogP contribution in [0.5, 0.6) is 0 Å². The Balaban J connectivity index is 1.69. The standard InChI is InChI=1S/C19H22IN5O2/c1-2-3-8-27-19(26)25-10-15(12-6-4-5-7-14(12)25)24-9-13(20)16-17(21)22-11-23-18(16)24/h4-5,7,9,11-12,15H,2-3,6,8,10H2,1H3,(H2,21,22,23). The Morgan fingerprint density at radius 3 is 3.11 bits per heavy atom. The van der Waals surface area contributed by atoms with Gasteiger partial charge in [0.05, 0.1) is 24.6 Å². The number of unbranched alkanes of at least 4 members (excludes halogenated alkanes) is 1. The van der Waals surface area contributed by atoms with E-state index in [-0.39, 0.29) is 18.1 Å². The topological polar surface area (TPSA) is 86.3 Å². The third kappa shape index (κ3) is 3.19. The first-order valence-corrected chi connectivity index (χ1v) is 10.3. The van der Waals surface area contributed by atoms with Gasteiger partial charge in [0.15, 0.2) is 0 Å². The number of aromatic nitrogens is 3. The second-order valence-corrected chi connectivity index (χ2v) is 8.01. The molecule has 1 aliphatic carbocycles. The first-order chi connectivity index (χ1) is 13.1. The number of nitrogens with two attached hydrogens (primary N) is 1. The molecule has 2 atom stereocenters. The molecule has 0 aromatic carbocycles. The zero-order valence-electron chi connectivity index (χ0n) is 15.1. The minimum atomic E-state index is -0.266. The number of hydrogen-bond donors (Lipinski definition) is 1. The number of halogens is 1. The highest BCUT2D eigenvalue weighted by molar-refractivity contribution is 14.1. The molecule has 2 aromatic heterocycles. The van der Waals surface area contributed by atoms with Gasteiger partial charge in [-0.15, -0.1) is 0 Å². The third-order valence-electron chi connectivity index (χ3n) is 5.21. The first kappa shape index (κ1) is 18.3. The maximum atomic E-state index is 12.7. The lowest BCUT2D eigenvalue weighted by Crippen LogP contribution is -2.29. The number of carbonyl (C=O) groups excluding carboxylic acids is 1. The molecule has 1 fully saturated rings. The normalized spacial score (nSPS) is 21.4. The van der Waals surface area contributed by atoms with Crippen molar-refractivity contribution in [3.8, 4) is 0 Å². The van der Waals surface area contributed by atoms with E-state index < -0.39 is 0 Å². The van der Waals surface area contributed by atoms with E-state index in [1.807, 2.05) is 12.2 Å². The molecule has 0 bridgehead atoms. The molecule has 1 saturated heterocycles. The summed E-state index contributed by atoms with van der Waals surface area (Å²) in [6.45, 7) is 3.10. The van der Waals surface area contributed by atoms with Crippen LogP contribution in [0, 0.1) is 9.49 Å². The number of rotatable bonds is 4. The van der Waals surface area contributed by atoms with E-state index in [2.05, 4.69) is 56.3 Å². The van der Waals surface area contributed by atoms with Crippen LogP contribution in [0.3, 0.4) is 0 Å². The maximum absolute atomic E-state index is 12.7. The molecule has 3 heterocycles. The number of hydrogen-bond acceptors (Lipinski definition) is 5. The number of allylic oxidation sites excluding steroid dienone is 4. The van der Waals surface area contributed by atoms with Crippen LogP contribution in [0.2, 0.25) is 0 Å². The molecule has 1 aliphatic heterocycles. The Kier molecular flexibility index (Phi) is 5.07. The number of nitrogens with zero attached hydrogens (tertiary/aromatic N) is 4. The second kappa shape index (κ2) is 7.49. The average Bonchev–Trinajstić information content (AvgIpc) is 3.21. The quantitative estimate of drug-likeness (QED) is 0.532. The van der Waals surface area contributed by atoms with Gasteiger partial charge in [0.25, 0.3) is 0 Å². The monoisotopic (exact) mass is 479 g/mol. The van der Waals surface area contributed by atoms with Gasteiger partial charge in [-0.1, -0.05) is 25.5 Å². The van der Waals surface area contributed by atoms with Crippen molar-refractivity contribution in [2.45, 2.75) is 32.2 Å². The summed E-state index contributed by atoms with van der Waals surface area (Å²) in [4.78, 5) is 23.0. The van der Waals surface area contributed by atoms with Gasteiger partial charge >= 0.3 is 6.09 Å². The van der Waals surface area contributed by atoms with E-state index in [9.17, 15) is 4.79 Å². The lowest BCUT2D eigenvalue weighted by atomic mass is 9.93. The Labute approximate surface area is 171 Å². The molecule has 2 aliphatic rings. The molecule has 8 heteroatoms. The van der Waals surface area contributed by atoms with Crippen molar-refractivity contribution in [3.05, 3.63) is 40.0 Å². The largest absolute Gasteiger partial charge is 0.449 e. The molecule has 0 saturated carbocycles. The van der Waals surface area contributed by atoms with Gasteiger partial charge in [-0.05, 0) is 41.5 Å². The van der Waals surface area contributed by atoms with Gasteiger partial charge in [0.1, 0.15) is 17.8 Å². The van der Waals surface area contributed by atoms with Gasteiger partial charge in [-0.3, -0.25) is 4.90 Å². The highest BCUT2D eigenvalue weighted by atomic mass is 127. The minimum Gasteiger partial charge on any atom is -0.449 e. The van der Waals surface area contributed by atoms with Crippen LogP contribution in [0.15, 0.2) is 36.4 Å². The fourth-order valence-electron chi connectivity index (χ4n) is 3.86.